The first kappa shape index (κ1) is 14.7. The van der Waals surface area contributed by atoms with E-state index in [-0.39, 0.29) is 23.6 Å². The number of ether oxygens (including phenoxy) is 1. The standard InChI is InChI=1S/C15H18O5/c1-8(16)4-5-10-9(2)14(18)20-13(10)12-11(17)6-7-15(12,3)19/h6-7,10,12-13,19H,2,4-5H2,1,3H3/t10?,12-,13+,15-/m1/s1. The summed E-state index contributed by atoms with van der Waals surface area (Å²) < 4.78 is 5.24. The van der Waals surface area contributed by atoms with Crippen LogP contribution in [0.2, 0.25) is 0 Å². The van der Waals surface area contributed by atoms with Crippen LogP contribution in [0.3, 0.4) is 0 Å². The molecule has 20 heavy (non-hydrogen) atoms. The third kappa shape index (κ3) is 2.45. The number of carbonyl (C=O) groups excluding carboxylic acids is 3. The fourth-order valence-corrected chi connectivity index (χ4v) is 2.87. The van der Waals surface area contributed by atoms with Gasteiger partial charge in [-0.05, 0) is 32.4 Å². The van der Waals surface area contributed by atoms with Gasteiger partial charge in [0.05, 0.1) is 11.5 Å². The largest absolute Gasteiger partial charge is 0.457 e. The van der Waals surface area contributed by atoms with E-state index in [1.165, 1.54) is 26.0 Å². The molecule has 0 aromatic heterocycles. The summed E-state index contributed by atoms with van der Waals surface area (Å²) in [5.41, 5.74) is -1.08. The number of Topliss-reactive ketones (excluding diaryl/α,β-unsaturated/α-hetero) is 1. The van der Waals surface area contributed by atoms with E-state index in [0.717, 1.165) is 0 Å². The van der Waals surface area contributed by atoms with Crippen molar-refractivity contribution in [3.63, 3.8) is 0 Å². The second kappa shape index (κ2) is 4.98. The number of carbonyl (C=O) groups is 3. The Morgan fingerprint density at radius 1 is 1.50 bits per heavy atom. The van der Waals surface area contributed by atoms with Crippen molar-refractivity contribution in [2.24, 2.45) is 11.8 Å². The van der Waals surface area contributed by atoms with Crippen LogP contribution in [0.1, 0.15) is 26.7 Å². The minimum Gasteiger partial charge on any atom is -0.457 e. The Morgan fingerprint density at radius 2 is 2.15 bits per heavy atom. The number of cyclic esters (lactones) is 1. The quantitative estimate of drug-likeness (QED) is 0.612. The third-order valence-corrected chi connectivity index (χ3v) is 4.01. The maximum atomic E-state index is 11.9. The Kier molecular flexibility index (Phi) is 3.65. The van der Waals surface area contributed by atoms with Crippen LogP contribution in [0.25, 0.3) is 0 Å². The van der Waals surface area contributed by atoms with Crippen molar-refractivity contribution in [3.05, 3.63) is 24.3 Å². The van der Waals surface area contributed by atoms with Crippen molar-refractivity contribution in [1.29, 1.82) is 0 Å². The predicted octanol–water partition coefficient (Wildman–Crippen LogP) is 0.959. The summed E-state index contributed by atoms with van der Waals surface area (Å²) in [7, 11) is 0. The van der Waals surface area contributed by atoms with Gasteiger partial charge in [0.25, 0.3) is 0 Å². The van der Waals surface area contributed by atoms with Gasteiger partial charge in [-0.15, -0.1) is 0 Å². The van der Waals surface area contributed by atoms with Crippen molar-refractivity contribution in [2.45, 2.75) is 38.4 Å². The minimum atomic E-state index is -1.35. The molecule has 4 atom stereocenters. The molecule has 2 rings (SSSR count). The lowest BCUT2D eigenvalue weighted by molar-refractivity contribution is -0.147. The first-order valence-corrected chi connectivity index (χ1v) is 6.58. The van der Waals surface area contributed by atoms with E-state index >= 15 is 0 Å². The van der Waals surface area contributed by atoms with Gasteiger partial charge in [0.1, 0.15) is 11.9 Å². The van der Waals surface area contributed by atoms with Crippen molar-refractivity contribution < 1.29 is 24.2 Å². The fourth-order valence-electron chi connectivity index (χ4n) is 2.87. The molecule has 0 aromatic rings. The molecule has 1 unspecified atom stereocenters. The fraction of sp³-hybridized carbons (Fsp3) is 0.533. The summed E-state index contributed by atoms with van der Waals surface area (Å²) in [4.78, 5) is 34.8. The molecule has 0 bridgehead atoms. The van der Waals surface area contributed by atoms with Crippen LogP contribution in [-0.2, 0) is 19.1 Å². The van der Waals surface area contributed by atoms with Crippen LogP contribution in [0, 0.1) is 11.8 Å². The molecule has 0 saturated carbocycles. The first-order valence-electron chi connectivity index (χ1n) is 6.58. The number of hydrogen-bond acceptors (Lipinski definition) is 5. The molecule has 2 aliphatic rings. The minimum absolute atomic E-state index is 0.00136. The topological polar surface area (TPSA) is 80.7 Å². The molecule has 0 spiro atoms. The molecule has 1 aliphatic carbocycles. The van der Waals surface area contributed by atoms with Crippen LogP contribution in [0.15, 0.2) is 24.3 Å². The van der Waals surface area contributed by atoms with Gasteiger partial charge in [-0.2, -0.15) is 0 Å². The van der Waals surface area contributed by atoms with Crippen LogP contribution in [0.5, 0.6) is 0 Å². The summed E-state index contributed by atoms with van der Waals surface area (Å²) in [5, 5.41) is 10.3. The highest BCUT2D eigenvalue weighted by molar-refractivity contribution is 5.98. The Labute approximate surface area is 117 Å². The van der Waals surface area contributed by atoms with Gasteiger partial charge in [0.2, 0.25) is 0 Å². The van der Waals surface area contributed by atoms with E-state index in [0.29, 0.717) is 6.42 Å². The van der Waals surface area contributed by atoms with Gasteiger partial charge in [0.15, 0.2) is 5.78 Å². The zero-order valence-corrected chi connectivity index (χ0v) is 11.6. The summed E-state index contributed by atoms with van der Waals surface area (Å²) in [6.45, 7) is 6.67. The molecule has 1 heterocycles. The predicted molar refractivity (Wildman–Crippen MR) is 70.7 cm³/mol. The highest BCUT2D eigenvalue weighted by Crippen LogP contribution is 2.41. The average Bonchev–Trinajstić information content (AvgIpc) is 2.75. The maximum Gasteiger partial charge on any atom is 0.334 e. The first-order chi connectivity index (χ1) is 9.24. The normalized spacial score (nSPS) is 36.5. The zero-order valence-electron chi connectivity index (χ0n) is 11.6. The van der Waals surface area contributed by atoms with Crippen LogP contribution < -0.4 is 0 Å². The van der Waals surface area contributed by atoms with E-state index in [2.05, 4.69) is 6.58 Å². The van der Waals surface area contributed by atoms with Gasteiger partial charge in [-0.25, -0.2) is 4.79 Å². The average molecular weight is 278 g/mol. The number of hydrogen-bond donors (Lipinski definition) is 1. The van der Waals surface area contributed by atoms with Gasteiger partial charge < -0.3 is 14.6 Å². The highest BCUT2D eigenvalue weighted by Gasteiger charge is 2.52. The van der Waals surface area contributed by atoms with Gasteiger partial charge in [0, 0.05) is 17.9 Å². The second-order valence-corrected chi connectivity index (χ2v) is 5.68. The molecule has 1 saturated heterocycles. The van der Waals surface area contributed by atoms with E-state index in [1.807, 2.05) is 0 Å². The SMILES string of the molecule is C=C1C(=O)O[C@H]([C@H]2C(=O)C=C[C@@]2(C)O)C1CCC(C)=O. The lowest BCUT2D eigenvalue weighted by atomic mass is 9.78. The van der Waals surface area contributed by atoms with Crippen molar-refractivity contribution in [3.8, 4) is 0 Å². The molecule has 1 fully saturated rings. The van der Waals surface area contributed by atoms with Gasteiger partial charge in [-0.3, -0.25) is 4.79 Å². The Balaban J connectivity index is 2.24. The highest BCUT2D eigenvalue weighted by atomic mass is 16.6. The van der Waals surface area contributed by atoms with E-state index in [9.17, 15) is 19.5 Å². The molecule has 1 N–H and O–H groups in total. The van der Waals surface area contributed by atoms with E-state index in [1.54, 1.807) is 0 Å². The van der Waals surface area contributed by atoms with Crippen molar-refractivity contribution in [1.82, 2.24) is 0 Å². The molecule has 0 aromatic carbocycles. The number of aliphatic hydroxyl groups is 1. The molecular formula is C15H18O5. The van der Waals surface area contributed by atoms with E-state index < -0.39 is 29.5 Å². The number of rotatable bonds is 4. The smallest absolute Gasteiger partial charge is 0.334 e. The summed E-state index contributed by atoms with van der Waals surface area (Å²) >= 11 is 0. The number of allylic oxidation sites excluding steroid dienone is 1. The molecule has 5 nitrogen and oxygen atoms in total. The van der Waals surface area contributed by atoms with Crippen molar-refractivity contribution in [2.75, 3.05) is 0 Å². The maximum absolute atomic E-state index is 11.9. The molecule has 108 valence electrons. The van der Waals surface area contributed by atoms with Gasteiger partial charge in [-0.1, -0.05) is 6.58 Å². The Bertz CT molecular complexity index is 514. The Hall–Kier alpha value is -1.75. The number of ketones is 2. The summed E-state index contributed by atoms with van der Waals surface area (Å²) in [5.74, 6) is -2.07. The lowest BCUT2D eigenvalue weighted by Gasteiger charge is -2.30. The molecular weight excluding hydrogens is 260 g/mol. The summed E-state index contributed by atoms with van der Waals surface area (Å²) in [6.07, 6.45) is 2.64. The van der Waals surface area contributed by atoms with Gasteiger partial charge >= 0.3 is 5.97 Å². The molecule has 5 heteroatoms. The monoisotopic (exact) mass is 278 g/mol. The lowest BCUT2D eigenvalue weighted by Crippen LogP contribution is -2.44. The molecule has 1 aliphatic heterocycles. The third-order valence-electron chi connectivity index (χ3n) is 4.01. The molecule has 0 radical (unpaired) electrons. The second-order valence-electron chi connectivity index (χ2n) is 5.68. The number of esters is 1. The summed E-state index contributed by atoms with van der Waals surface area (Å²) in [6, 6.07) is 0. The van der Waals surface area contributed by atoms with Crippen LogP contribution in [0.4, 0.5) is 0 Å². The molecule has 0 amide bonds. The zero-order chi connectivity index (χ0) is 15.1. The van der Waals surface area contributed by atoms with Crippen LogP contribution >= 0.6 is 0 Å². The van der Waals surface area contributed by atoms with E-state index in [4.69, 9.17) is 4.74 Å². The van der Waals surface area contributed by atoms with Crippen LogP contribution in [-0.4, -0.2) is 34.3 Å². The Morgan fingerprint density at radius 3 is 2.65 bits per heavy atom. The van der Waals surface area contributed by atoms with Crippen molar-refractivity contribution >= 4 is 17.5 Å².